The van der Waals surface area contributed by atoms with Crippen LogP contribution in [0.4, 0.5) is 5.69 Å². The van der Waals surface area contributed by atoms with Crippen molar-refractivity contribution >= 4 is 40.8 Å². The molecule has 0 aromatic heterocycles. The monoisotopic (exact) mass is 409 g/mol. The van der Waals surface area contributed by atoms with Crippen LogP contribution in [-0.2, 0) is 9.53 Å². The number of aryl methyl sites for hydroxylation is 1. The van der Waals surface area contributed by atoms with Crippen molar-refractivity contribution in [3.8, 4) is 5.75 Å². The Morgan fingerprint density at radius 3 is 2.33 bits per heavy atom. The van der Waals surface area contributed by atoms with Gasteiger partial charge in [-0.05, 0) is 36.1 Å². The second kappa shape index (κ2) is 9.11. The van der Waals surface area contributed by atoms with Crippen LogP contribution in [0.1, 0.15) is 41.3 Å². The third kappa shape index (κ3) is 5.15. The van der Waals surface area contributed by atoms with E-state index in [1.165, 1.54) is 19.2 Å². The van der Waals surface area contributed by atoms with Crippen LogP contribution in [0, 0.1) is 6.92 Å². The molecule has 0 atom stereocenters. The molecule has 0 saturated heterocycles. The summed E-state index contributed by atoms with van der Waals surface area (Å²) < 4.78 is 10.1. The standard InChI is InChI=1S/C20H21Cl2NO4/c1-11(2)14-7-5-6-12(3)18(14)23-17(24)10-27-20(25)13-8-15(21)19(26-4)16(22)9-13/h5-9,11H,10H2,1-4H3,(H,23,24). The summed E-state index contributed by atoms with van der Waals surface area (Å²) >= 11 is 12.0. The van der Waals surface area contributed by atoms with Gasteiger partial charge in [-0.25, -0.2) is 4.79 Å². The molecule has 27 heavy (non-hydrogen) atoms. The first-order chi connectivity index (χ1) is 12.7. The van der Waals surface area contributed by atoms with E-state index in [1.54, 1.807) is 0 Å². The number of rotatable bonds is 6. The van der Waals surface area contributed by atoms with Crippen molar-refractivity contribution in [2.24, 2.45) is 0 Å². The molecule has 1 N–H and O–H groups in total. The van der Waals surface area contributed by atoms with E-state index in [2.05, 4.69) is 5.32 Å². The van der Waals surface area contributed by atoms with Crippen LogP contribution in [-0.4, -0.2) is 25.6 Å². The molecule has 2 aromatic carbocycles. The Balaban J connectivity index is 2.05. The van der Waals surface area contributed by atoms with Crippen LogP contribution in [0.25, 0.3) is 0 Å². The number of methoxy groups -OCH3 is 1. The van der Waals surface area contributed by atoms with E-state index in [-0.39, 0.29) is 27.3 Å². The average molecular weight is 410 g/mol. The third-order valence-electron chi connectivity index (χ3n) is 3.96. The maximum atomic E-state index is 12.2. The molecule has 0 fully saturated rings. The van der Waals surface area contributed by atoms with Crippen molar-refractivity contribution in [3.05, 3.63) is 57.1 Å². The molecule has 0 heterocycles. The maximum Gasteiger partial charge on any atom is 0.338 e. The molecule has 2 rings (SSSR count). The number of para-hydroxylation sites is 1. The zero-order chi connectivity index (χ0) is 20.1. The largest absolute Gasteiger partial charge is 0.494 e. The molecule has 0 radical (unpaired) electrons. The van der Waals surface area contributed by atoms with Gasteiger partial charge in [0.15, 0.2) is 12.4 Å². The molecule has 0 aliphatic carbocycles. The molecule has 5 nitrogen and oxygen atoms in total. The zero-order valence-corrected chi connectivity index (χ0v) is 17.1. The van der Waals surface area contributed by atoms with Crippen LogP contribution in [0.2, 0.25) is 10.0 Å². The number of ether oxygens (including phenoxy) is 2. The van der Waals surface area contributed by atoms with E-state index in [0.29, 0.717) is 0 Å². The summed E-state index contributed by atoms with van der Waals surface area (Å²) in [7, 11) is 1.42. The number of amides is 1. The van der Waals surface area contributed by atoms with Gasteiger partial charge in [0, 0.05) is 5.69 Å². The van der Waals surface area contributed by atoms with Crippen LogP contribution >= 0.6 is 23.2 Å². The topological polar surface area (TPSA) is 64.6 Å². The van der Waals surface area contributed by atoms with Gasteiger partial charge >= 0.3 is 5.97 Å². The first-order valence-corrected chi connectivity index (χ1v) is 9.09. The highest BCUT2D eigenvalue weighted by atomic mass is 35.5. The van der Waals surface area contributed by atoms with E-state index in [4.69, 9.17) is 32.7 Å². The van der Waals surface area contributed by atoms with Crippen molar-refractivity contribution < 1.29 is 19.1 Å². The number of esters is 1. The summed E-state index contributed by atoms with van der Waals surface area (Å²) in [6.45, 7) is 5.57. The highest BCUT2D eigenvalue weighted by Gasteiger charge is 2.17. The van der Waals surface area contributed by atoms with Crippen molar-refractivity contribution in [1.29, 1.82) is 0 Å². The Bertz CT molecular complexity index is 842. The van der Waals surface area contributed by atoms with Crippen LogP contribution in [0.5, 0.6) is 5.75 Å². The minimum Gasteiger partial charge on any atom is -0.494 e. The Hall–Kier alpha value is -2.24. The molecule has 7 heteroatoms. The van der Waals surface area contributed by atoms with Gasteiger partial charge in [0.25, 0.3) is 5.91 Å². The fourth-order valence-corrected chi connectivity index (χ4v) is 3.25. The number of benzene rings is 2. The molecule has 0 bridgehead atoms. The number of halogens is 2. The molecular formula is C20H21Cl2NO4. The first-order valence-electron chi connectivity index (χ1n) is 8.34. The second-order valence-corrected chi connectivity index (χ2v) is 7.11. The predicted octanol–water partition coefficient (Wildman–Crippen LogP) is 5.23. The van der Waals surface area contributed by atoms with Crippen LogP contribution in [0.3, 0.4) is 0 Å². The number of carbonyl (C=O) groups is 2. The predicted molar refractivity (Wildman–Crippen MR) is 107 cm³/mol. The van der Waals surface area contributed by atoms with Gasteiger partial charge in [-0.15, -0.1) is 0 Å². The molecule has 0 saturated carbocycles. The van der Waals surface area contributed by atoms with Gasteiger partial charge in [-0.3, -0.25) is 4.79 Å². The van der Waals surface area contributed by atoms with E-state index in [0.717, 1.165) is 16.8 Å². The Kier molecular flexibility index (Phi) is 7.11. The molecule has 0 spiro atoms. The van der Waals surface area contributed by atoms with E-state index >= 15 is 0 Å². The van der Waals surface area contributed by atoms with Crippen LogP contribution in [0.15, 0.2) is 30.3 Å². The number of anilines is 1. The number of nitrogens with one attached hydrogen (secondary N) is 1. The maximum absolute atomic E-state index is 12.2. The normalized spacial score (nSPS) is 10.6. The minimum atomic E-state index is -0.703. The van der Waals surface area contributed by atoms with Crippen molar-refractivity contribution in [1.82, 2.24) is 0 Å². The molecule has 0 aliphatic rings. The van der Waals surface area contributed by atoms with Crippen molar-refractivity contribution in [3.63, 3.8) is 0 Å². The Morgan fingerprint density at radius 1 is 1.15 bits per heavy atom. The lowest BCUT2D eigenvalue weighted by atomic mass is 9.98. The molecular weight excluding hydrogens is 389 g/mol. The quantitative estimate of drug-likeness (QED) is 0.663. The second-order valence-electron chi connectivity index (χ2n) is 6.29. The highest BCUT2D eigenvalue weighted by molar-refractivity contribution is 6.37. The fourth-order valence-electron chi connectivity index (χ4n) is 2.61. The van der Waals surface area contributed by atoms with Gasteiger partial charge in [0.1, 0.15) is 0 Å². The van der Waals surface area contributed by atoms with E-state index in [9.17, 15) is 9.59 Å². The minimum absolute atomic E-state index is 0.136. The van der Waals surface area contributed by atoms with Gasteiger partial charge in [0.2, 0.25) is 0 Å². The number of carbonyl (C=O) groups excluding carboxylic acids is 2. The summed E-state index contributed by atoms with van der Waals surface area (Å²) in [6, 6.07) is 8.57. The molecule has 144 valence electrons. The molecule has 0 aliphatic heterocycles. The lowest BCUT2D eigenvalue weighted by molar-refractivity contribution is -0.119. The molecule has 1 amide bonds. The lowest BCUT2D eigenvalue weighted by Gasteiger charge is -2.16. The summed E-state index contributed by atoms with van der Waals surface area (Å²) in [5.41, 5.74) is 2.83. The SMILES string of the molecule is COc1c(Cl)cc(C(=O)OCC(=O)Nc2c(C)cccc2C(C)C)cc1Cl. The van der Waals surface area contributed by atoms with E-state index < -0.39 is 18.5 Å². The Labute approximate surface area is 168 Å². The smallest absolute Gasteiger partial charge is 0.338 e. The third-order valence-corrected chi connectivity index (χ3v) is 4.53. The van der Waals surface area contributed by atoms with Gasteiger partial charge < -0.3 is 14.8 Å². The fraction of sp³-hybridized carbons (Fsp3) is 0.300. The van der Waals surface area contributed by atoms with E-state index in [1.807, 2.05) is 39.0 Å². The summed E-state index contributed by atoms with van der Waals surface area (Å²) in [4.78, 5) is 24.4. The summed E-state index contributed by atoms with van der Waals surface area (Å²) in [5, 5.41) is 3.19. The van der Waals surface area contributed by atoms with Gasteiger partial charge in [0.05, 0.1) is 22.7 Å². The van der Waals surface area contributed by atoms with Crippen molar-refractivity contribution in [2.45, 2.75) is 26.7 Å². The first kappa shape index (κ1) is 21.1. The van der Waals surface area contributed by atoms with Crippen LogP contribution < -0.4 is 10.1 Å². The molecule has 0 unspecified atom stereocenters. The number of hydrogen-bond donors (Lipinski definition) is 1. The number of hydrogen-bond acceptors (Lipinski definition) is 4. The zero-order valence-electron chi connectivity index (χ0n) is 15.6. The van der Waals surface area contributed by atoms with Gasteiger partial charge in [-0.1, -0.05) is 55.2 Å². The van der Waals surface area contributed by atoms with Crippen molar-refractivity contribution in [2.75, 3.05) is 19.0 Å². The lowest BCUT2D eigenvalue weighted by Crippen LogP contribution is -2.22. The molecule has 2 aromatic rings. The van der Waals surface area contributed by atoms with Gasteiger partial charge in [-0.2, -0.15) is 0 Å². The average Bonchev–Trinajstić information content (AvgIpc) is 2.60. The Morgan fingerprint density at radius 2 is 1.78 bits per heavy atom. The summed E-state index contributed by atoms with van der Waals surface area (Å²) in [6.07, 6.45) is 0. The highest BCUT2D eigenvalue weighted by Crippen LogP contribution is 2.34. The summed E-state index contributed by atoms with van der Waals surface area (Å²) in [5.74, 6) is -0.615.